The van der Waals surface area contributed by atoms with Crippen molar-refractivity contribution in [2.75, 3.05) is 12.8 Å². The van der Waals surface area contributed by atoms with E-state index in [0.29, 0.717) is 5.82 Å². The molecule has 0 bridgehead atoms. The zero-order valence-corrected chi connectivity index (χ0v) is 11.9. The highest BCUT2D eigenvalue weighted by Crippen LogP contribution is 2.36. The number of pyridine rings is 1. The topological polar surface area (TPSA) is 65.2 Å². The third-order valence-electron chi connectivity index (χ3n) is 4.12. The van der Waals surface area contributed by atoms with Gasteiger partial charge in [-0.05, 0) is 19.1 Å². The van der Waals surface area contributed by atoms with Gasteiger partial charge in [-0.3, -0.25) is 5.73 Å². The van der Waals surface area contributed by atoms with Crippen molar-refractivity contribution in [1.82, 2.24) is 4.98 Å². The number of ether oxygens (including phenoxy) is 1. The van der Waals surface area contributed by atoms with E-state index >= 15 is 0 Å². The van der Waals surface area contributed by atoms with Crippen LogP contribution in [0, 0.1) is 6.92 Å². The van der Waals surface area contributed by atoms with Crippen LogP contribution in [0.5, 0.6) is 5.75 Å². The van der Waals surface area contributed by atoms with Gasteiger partial charge in [0.1, 0.15) is 5.75 Å². The number of nitrogen functional groups attached to an aromatic ring is 1. The van der Waals surface area contributed by atoms with Gasteiger partial charge in [0.15, 0.2) is 0 Å². The van der Waals surface area contributed by atoms with Crippen LogP contribution in [0.3, 0.4) is 0 Å². The third kappa shape index (κ3) is 1.53. The van der Waals surface area contributed by atoms with E-state index < -0.39 is 0 Å². The Balaban J connectivity index is 2.27. The minimum atomic E-state index is 0.684. The standard InChI is InChI=1S/C17H15N3O/c1-9-8-19-17(18)14-12-7-6-10-11(16(12)20-15(9)14)4-3-5-13(10)21-2/h3-8,20H,1-2H3,(H2,18,19)/p+1. The van der Waals surface area contributed by atoms with Crippen LogP contribution in [0.4, 0.5) is 5.82 Å². The molecule has 0 saturated heterocycles. The van der Waals surface area contributed by atoms with Gasteiger partial charge in [-0.2, -0.15) is 0 Å². The van der Waals surface area contributed by atoms with E-state index in [9.17, 15) is 0 Å². The second-order valence-electron chi connectivity index (χ2n) is 5.30. The van der Waals surface area contributed by atoms with Crippen molar-refractivity contribution in [3.63, 3.8) is 0 Å². The highest BCUT2D eigenvalue weighted by molar-refractivity contribution is 6.20. The van der Waals surface area contributed by atoms with Crippen molar-refractivity contribution in [2.24, 2.45) is 0 Å². The Kier molecular flexibility index (Phi) is 2.36. The van der Waals surface area contributed by atoms with Crippen LogP contribution in [0.1, 0.15) is 5.56 Å². The molecular weight excluding hydrogens is 262 g/mol. The maximum Gasteiger partial charge on any atom is 0.280 e. The number of nitrogens with one attached hydrogen (secondary N) is 2. The monoisotopic (exact) mass is 278 g/mol. The summed E-state index contributed by atoms with van der Waals surface area (Å²) < 4.78 is 5.45. The number of hydrogen-bond acceptors (Lipinski definition) is 2. The molecule has 4 nitrogen and oxygen atoms in total. The minimum absolute atomic E-state index is 0.684. The Bertz CT molecular complexity index is 1000. The van der Waals surface area contributed by atoms with Crippen molar-refractivity contribution in [2.45, 2.75) is 6.92 Å². The fourth-order valence-electron chi connectivity index (χ4n) is 3.08. The summed E-state index contributed by atoms with van der Waals surface area (Å²) in [6, 6.07) is 10.3. The summed E-state index contributed by atoms with van der Waals surface area (Å²) in [5, 5.41) is 4.42. The van der Waals surface area contributed by atoms with Crippen molar-refractivity contribution < 1.29 is 9.72 Å². The van der Waals surface area contributed by atoms with Gasteiger partial charge in [-0.15, -0.1) is 0 Å². The molecule has 0 aliphatic heterocycles. The van der Waals surface area contributed by atoms with E-state index in [1.165, 1.54) is 0 Å². The lowest BCUT2D eigenvalue weighted by Gasteiger charge is -2.05. The number of rotatable bonds is 1. The SMILES string of the molecule is COc1cccc2c1ccc1c2[nH]c2c(C)c[nH+]c(N)c21. The molecule has 0 unspecified atom stereocenters. The Morgan fingerprint density at radius 3 is 2.67 bits per heavy atom. The molecule has 0 atom stereocenters. The number of H-pyrrole nitrogens is 2. The van der Waals surface area contributed by atoms with Crippen LogP contribution < -0.4 is 15.5 Å². The number of hydrogen-bond donors (Lipinski definition) is 2. The quantitative estimate of drug-likeness (QED) is 0.561. The van der Waals surface area contributed by atoms with E-state index in [1.54, 1.807) is 7.11 Å². The van der Waals surface area contributed by atoms with Gasteiger partial charge < -0.3 is 9.72 Å². The number of nitrogens with two attached hydrogens (primary N) is 1. The van der Waals surface area contributed by atoms with Gasteiger partial charge in [0, 0.05) is 21.7 Å². The summed E-state index contributed by atoms with van der Waals surface area (Å²) >= 11 is 0. The fraction of sp³-hybridized carbons (Fsp3) is 0.118. The largest absolute Gasteiger partial charge is 0.496 e. The maximum atomic E-state index is 6.14. The first kappa shape index (κ1) is 12.0. The first-order chi connectivity index (χ1) is 10.2. The first-order valence-electron chi connectivity index (χ1n) is 6.88. The molecule has 2 aromatic carbocycles. The molecule has 2 heterocycles. The predicted molar refractivity (Wildman–Crippen MR) is 85.6 cm³/mol. The second kappa shape index (κ2) is 4.12. The molecule has 4 rings (SSSR count). The molecule has 0 radical (unpaired) electrons. The van der Waals surface area contributed by atoms with Gasteiger partial charge in [-0.25, -0.2) is 4.98 Å². The van der Waals surface area contributed by atoms with Crippen LogP contribution in [0.25, 0.3) is 32.6 Å². The van der Waals surface area contributed by atoms with Crippen LogP contribution in [0.2, 0.25) is 0 Å². The molecular formula is C17H16N3O+. The molecule has 0 fully saturated rings. The molecule has 0 spiro atoms. The third-order valence-corrected chi connectivity index (χ3v) is 4.12. The molecule has 0 aliphatic carbocycles. The van der Waals surface area contributed by atoms with Crippen molar-refractivity contribution >= 4 is 38.4 Å². The Morgan fingerprint density at radius 1 is 1.05 bits per heavy atom. The van der Waals surface area contributed by atoms with Gasteiger partial charge in [-0.1, -0.05) is 18.2 Å². The average Bonchev–Trinajstić information content (AvgIpc) is 2.91. The number of aromatic amines is 2. The summed E-state index contributed by atoms with van der Waals surface area (Å²) in [5.41, 5.74) is 9.45. The summed E-state index contributed by atoms with van der Waals surface area (Å²) in [6.45, 7) is 2.07. The number of fused-ring (bicyclic) bond motifs is 5. The van der Waals surface area contributed by atoms with E-state index in [2.05, 4.69) is 35.1 Å². The lowest BCUT2D eigenvalue weighted by Crippen LogP contribution is -2.10. The molecule has 2 aromatic heterocycles. The van der Waals surface area contributed by atoms with E-state index in [4.69, 9.17) is 10.5 Å². The summed E-state index contributed by atoms with van der Waals surface area (Å²) in [7, 11) is 1.70. The Morgan fingerprint density at radius 2 is 1.86 bits per heavy atom. The molecule has 21 heavy (non-hydrogen) atoms. The van der Waals surface area contributed by atoms with Gasteiger partial charge >= 0.3 is 0 Å². The Labute approximate surface area is 121 Å². The van der Waals surface area contributed by atoms with E-state index in [1.807, 2.05) is 18.3 Å². The van der Waals surface area contributed by atoms with Crippen LogP contribution in [-0.4, -0.2) is 12.1 Å². The maximum absolute atomic E-state index is 6.14. The lowest BCUT2D eigenvalue weighted by molar-refractivity contribution is -0.359. The average molecular weight is 278 g/mol. The van der Waals surface area contributed by atoms with Gasteiger partial charge in [0.25, 0.3) is 5.82 Å². The molecule has 4 heteroatoms. The molecule has 104 valence electrons. The summed E-state index contributed by atoms with van der Waals surface area (Å²) in [5.74, 6) is 1.56. The molecule has 0 aliphatic rings. The van der Waals surface area contributed by atoms with Crippen LogP contribution in [-0.2, 0) is 0 Å². The lowest BCUT2D eigenvalue weighted by atomic mass is 10.0. The predicted octanol–water partition coefficient (Wildman–Crippen LogP) is 3.19. The van der Waals surface area contributed by atoms with Crippen LogP contribution >= 0.6 is 0 Å². The van der Waals surface area contributed by atoms with Crippen molar-refractivity contribution in [3.05, 3.63) is 42.1 Å². The van der Waals surface area contributed by atoms with Gasteiger partial charge in [0.05, 0.1) is 29.7 Å². The van der Waals surface area contributed by atoms with E-state index in [-0.39, 0.29) is 0 Å². The molecule has 4 N–H and O–H groups in total. The van der Waals surface area contributed by atoms with E-state index in [0.717, 1.165) is 43.9 Å². The number of benzene rings is 2. The highest BCUT2D eigenvalue weighted by Gasteiger charge is 2.16. The normalized spacial score (nSPS) is 11.5. The molecule has 0 amide bonds. The highest BCUT2D eigenvalue weighted by atomic mass is 16.5. The number of aromatic nitrogens is 2. The minimum Gasteiger partial charge on any atom is -0.496 e. The summed E-state index contributed by atoms with van der Waals surface area (Å²) in [6.07, 6.45) is 1.93. The molecule has 0 saturated carbocycles. The zero-order chi connectivity index (χ0) is 14.6. The number of methoxy groups -OCH3 is 1. The van der Waals surface area contributed by atoms with Crippen molar-refractivity contribution in [1.29, 1.82) is 0 Å². The van der Waals surface area contributed by atoms with Crippen molar-refractivity contribution in [3.8, 4) is 5.75 Å². The van der Waals surface area contributed by atoms with Gasteiger partial charge in [0.2, 0.25) is 0 Å². The first-order valence-corrected chi connectivity index (χ1v) is 6.88. The fourth-order valence-corrected chi connectivity index (χ4v) is 3.08. The second-order valence-corrected chi connectivity index (χ2v) is 5.30. The number of aryl methyl sites for hydroxylation is 1. The Hall–Kier alpha value is -2.75. The summed E-state index contributed by atoms with van der Waals surface area (Å²) in [4.78, 5) is 6.65. The zero-order valence-electron chi connectivity index (χ0n) is 11.9. The smallest absolute Gasteiger partial charge is 0.280 e. The molecule has 4 aromatic rings. The van der Waals surface area contributed by atoms with Crippen LogP contribution in [0.15, 0.2) is 36.5 Å². The number of anilines is 1.